The lowest BCUT2D eigenvalue weighted by molar-refractivity contribution is 0.237. The van der Waals surface area contributed by atoms with Crippen LogP contribution in [0.2, 0.25) is 0 Å². The topological polar surface area (TPSA) is 20.3 Å². The van der Waals surface area contributed by atoms with Gasteiger partial charge < -0.3 is 0 Å². The van der Waals surface area contributed by atoms with Gasteiger partial charge in [0.2, 0.25) is 0 Å². The molecule has 2 fully saturated rings. The van der Waals surface area contributed by atoms with Crippen LogP contribution in [0, 0.1) is 17.8 Å². The van der Waals surface area contributed by atoms with E-state index in [0.29, 0.717) is 0 Å². The van der Waals surface area contributed by atoms with Crippen molar-refractivity contribution in [3.05, 3.63) is 0 Å². The number of rotatable bonds is 2. The van der Waals surface area contributed by atoms with Gasteiger partial charge in [0.05, 0.1) is 16.1 Å². The molecule has 0 saturated heterocycles. The molecule has 2 saturated carbocycles. The van der Waals surface area contributed by atoms with Gasteiger partial charge in [0, 0.05) is 22.5 Å². The third kappa shape index (κ3) is 2.09. The van der Waals surface area contributed by atoms with Gasteiger partial charge in [0.15, 0.2) is 0 Å². The predicted octanol–water partition coefficient (Wildman–Crippen LogP) is 3.55. The van der Waals surface area contributed by atoms with Crippen LogP contribution >= 0.6 is 32.1 Å². The molecule has 0 aromatic heterocycles. The highest BCUT2D eigenvalue weighted by molar-refractivity contribution is 9.19. The molecule has 3 unspecified atom stereocenters. The van der Waals surface area contributed by atoms with Crippen molar-refractivity contribution >= 4 is 36.9 Å². The van der Waals surface area contributed by atoms with Crippen LogP contribution in [0.4, 0.5) is 4.79 Å². The minimum atomic E-state index is -0.0599. The number of halogens is 2. The highest BCUT2D eigenvalue weighted by Crippen LogP contribution is 2.48. The highest BCUT2D eigenvalue weighted by Gasteiger charge is 2.40. The van der Waals surface area contributed by atoms with Crippen LogP contribution in [-0.4, -0.2) is 15.3 Å². The predicted molar refractivity (Wildman–Crippen MR) is 58.9 cm³/mol. The van der Waals surface area contributed by atoms with Crippen molar-refractivity contribution in [3.63, 3.8) is 0 Å². The quantitative estimate of drug-likeness (QED) is 0.434. The number of carbonyl (C=O) groups excluding carboxylic acids is 1. The van der Waals surface area contributed by atoms with Crippen molar-refractivity contribution in [1.29, 1.82) is 0 Å². The van der Waals surface area contributed by atoms with E-state index >= 15 is 0 Å². The molecule has 2 aliphatic carbocycles. The Labute approximate surface area is 95.5 Å². The van der Waals surface area contributed by atoms with Gasteiger partial charge in [0.25, 0.3) is 4.82 Å². The number of carbonyl (C=O) groups is 1. The Hall–Kier alpha value is 0.430. The van der Waals surface area contributed by atoms with Crippen molar-refractivity contribution in [2.75, 3.05) is 6.54 Å². The van der Waals surface area contributed by atoms with Crippen LogP contribution in [-0.2, 0) is 0 Å². The molecule has 13 heavy (non-hydrogen) atoms. The van der Waals surface area contributed by atoms with E-state index < -0.39 is 0 Å². The van der Waals surface area contributed by atoms with Gasteiger partial charge in [0.1, 0.15) is 0 Å². The molecule has 3 atom stereocenters. The Kier molecular flexibility index (Phi) is 2.98. The third-order valence-electron chi connectivity index (χ3n) is 3.47. The van der Waals surface area contributed by atoms with Gasteiger partial charge in [-0.15, -0.1) is 0 Å². The van der Waals surface area contributed by atoms with Gasteiger partial charge in [-0.25, -0.2) is 0 Å². The normalized spacial score (nSPS) is 36.6. The Balaban J connectivity index is 1.86. The van der Waals surface area contributed by atoms with E-state index in [0.717, 1.165) is 24.3 Å². The summed E-state index contributed by atoms with van der Waals surface area (Å²) in [6.45, 7) is 0.866. The molecule has 0 aliphatic heterocycles. The van der Waals surface area contributed by atoms with Crippen molar-refractivity contribution in [2.24, 2.45) is 17.8 Å². The fourth-order valence-corrected chi connectivity index (χ4v) is 3.39. The first-order chi connectivity index (χ1) is 6.16. The maximum Gasteiger partial charge on any atom is 0.299 e. The largest absolute Gasteiger partial charge is 0.299 e. The molecule has 2 nitrogen and oxygen atoms in total. The number of amides is 1. The van der Waals surface area contributed by atoms with Gasteiger partial charge in [-0.1, -0.05) is 6.42 Å². The zero-order valence-electron chi connectivity index (χ0n) is 7.38. The first kappa shape index (κ1) is 9.97. The summed E-state index contributed by atoms with van der Waals surface area (Å²) in [4.78, 5) is 10.9. The maximum atomic E-state index is 10.9. The van der Waals surface area contributed by atoms with Gasteiger partial charge >= 0.3 is 0 Å². The second-order valence-corrected chi connectivity index (χ2v) is 5.77. The molecule has 0 N–H and O–H groups in total. The first-order valence-electron chi connectivity index (χ1n) is 4.79. The molecule has 0 aromatic carbocycles. The number of nitrogens with zero attached hydrogens (tertiary/aromatic N) is 1. The second-order valence-electron chi connectivity index (χ2n) is 4.23. The lowest BCUT2D eigenvalue weighted by Crippen LogP contribution is -2.26. The molecule has 74 valence electrons. The Morgan fingerprint density at radius 1 is 1.38 bits per heavy atom. The molecule has 0 spiro atoms. The van der Waals surface area contributed by atoms with Crippen LogP contribution in [0.25, 0.3) is 0 Å². The number of fused-ring (bicyclic) bond motifs is 2. The van der Waals surface area contributed by atoms with Crippen LogP contribution in [0.1, 0.15) is 25.7 Å². The summed E-state index contributed by atoms with van der Waals surface area (Å²) < 4.78 is 1.61. The summed E-state index contributed by atoms with van der Waals surface area (Å²) in [7, 11) is 0. The second kappa shape index (κ2) is 3.89. The summed E-state index contributed by atoms with van der Waals surface area (Å²) in [5.74, 6) is 2.58. The molecule has 4 heteroatoms. The van der Waals surface area contributed by atoms with E-state index in [-0.39, 0.29) is 4.82 Å². The average Bonchev–Trinajstić information content (AvgIpc) is 2.64. The zero-order valence-corrected chi connectivity index (χ0v) is 10.6. The molecule has 2 rings (SSSR count). The maximum absolute atomic E-state index is 10.9. The van der Waals surface area contributed by atoms with E-state index in [1.54, 1.807) is 3.93 Å². The smallest absolute Gasteiger partial charge is 0.269 e. The molecule has 0 aromatic rings. The minimum absolute atomic E-state index is 0.0599. The molecule has 0 heterocycles. The van der Waals surface area contributed by atoms with E-state index in [1.165, 1.54) is 25.7 Å². The van der Waals surface area contributed by atoms with E-state index in [9.17, 15) is 4.79 Å². The van der Waals surface area contributed by atoms with Crippen molar-refractivity contribution in [2.45, 2.75) is 25.7 Å². The fourth-order valence-electron chi connectivity index (χ4n) is 2.88. The summed E-state index contributed by atoms with van der Waals surface area (Å²) in [5.41, 5.74) is 0. The summed E-state index contributed by atoms with van der Waals surface area (Å²) in [6, 6.07) is 0. The molecular formula is C9H13Br2NO. The summed E-state index contributed by atoms with van der Waals surface area (Å²) in [5, 5.41) is 0. The number of hydrogen-bond acceptors (Lipinski definition) is 1. The standard InChI is InChI=1S/C9H13Br2NO/c10-9(13)12(11)5-8-4-6-1-2-7(8)3-6/h6-8H,1-5H2. The first-order valence-corrected chi connectivity index (χ1v) is 6.30. The molecule has 2 aliphatic rings. The van der Waals surface area contributed by atoms with Crippen LogP contribution in [0.3, 0.4) is 0 Å². The monoisotopic (exact) mass is 309 g/mol. The average molecular weight is 311 g/mol. The Morgan fingerprint density at radius 2 is 2.15 bits per heavy atom. The fraction of sp³-hybridized carbons (Fsp3) is 0.889. The Morgan fingerprint density at radius 3 is 2.62 bits per heavy atom. The van der Waals surface area contributed by atoms with Crippen molar-refractivity contribution < 1.29 is 4.79 Å². The van der Waals surface area contributed by atoms with E-state index in [1.807, 2.05) is 0 Å². The number of hydrogen-bond donors (Lipinski definition) is 0. The van der Waals surface area contributed by atoms with Gasteiger partial charge in [-0.05, 0) is 37.0 Å². The minimum Gasteiger partial charge on any atom is -0.269 e. The SMILES string of the molecule is O=C(Br)N(Br)CC1CC2CCC1C2. The van der Waals surface area contributed by atoms with Crippen molar-refractivity contribution in [3.8, 4) is 0 Å². The van der Waals surface area contributed by atoms with Crippen LogP contribution < -0.4 is 0 Å². The molecule has 2 bridgehead atoms. The van der Waals surface area contributed by atoms with Crippen LogP contribution in [0.5, 0.6) is 0 Å². The highest BCUT2D eigenvalue weighted by atomic mass is 79.9. The van der Waals surface area contributed by atoms with Crippen molar-refractivity contribution in [1.82, 2.24) is 3.93 Å². The lowest BCUT2D eigenvalue weighted by Gasteiger charge is -2.24. The molecule has 0 radical (unpaired) electrons. The Bertz CT molecular complexity index is 222. The third-order valence-corrected chi connectivity index (χ3v) is 4.99. The van der Waals surface area contributed by atoms with Gasteiger partial charge in [-0.3, -0.25) is 8.72 Å². The summed E-state index contributed by atoms with van der Waals surface area (Å²) >= 11 is 6.20. The van der Waals surface area contributed by atoms with Gasteiger partial charge in [-0.2, -0.15) is 0 Å². The zero-order chi connectivity index (χ0) is 9.42. The van der Waals surface area contributed by atoms with E-state index in [2.05, 4.69) is 32.1 Å². The molecule has 1 amide bonds. The lowest BCUT2D eigenvalue weighted by atomic mass is 9.89. The van der Waals surface area contributed by atoms with Crippen LogP contribution in [0.15, 0.2) is 0 Å². The molecular weight excluding hydrogens is 298 g/mol. The van der Waals surface area contributed by atoms with E-state index in [4.69, 9.17) is 0 Å². The summed E-state index contributed by atoms with van der Waals surface area (Å²) in [6.07, 6.45) is 5.54.